The number of methoxy groups -OCH3 is 1. The van der Waals surface area contributed by atoms with Crippen LogP contribution in [0, 0.1) is 11.3 Å². The van der Waals surface area contributed by atoms with Crippen molar-refractivity contribution in [3.8, 4) is 17.6 Å². The Hall–Kier alpha value is -3.11. The van der Waals surface area contributed by atoms with Gasteiger partial charge in [-0.15, -0.1) is 0 Å². The summed E-state index contributed by atoms with van der Waals surface area (Å²) in [6.45, 7) is 1.83. The Kier molecular flexibility index (Phi) is 7.15. The van der Waals surface area contributed by atoms with Crippen LogP contribution >= 0.6 is 15.9 Å². The number of hydrogen-bond acceptors (Lipinski definition) is 6. The van der Waals surface area contributed by atoms with Crippen LogP contribution in [0.5, 0.6) is 11.5 Å². The van der Waals surface area contributed by atoms with E-state index in [4.69, 9.17) is 19.5 Å². The molecule has 0 fully saturated rings. The molecule has 6 nitrogen and oxygen atoms in total. The Morgan fingerprint density at radius 1 is 1.19 bits per heavy atom. The van der Waals surface area contributed by atoms with Gasteiger partial charge in [-0.1, -0.05) is 18.2 Å². The first-order valence-electron chi connectivity index (χ1n) is 7.93. The highest BCUT2D eigenvalue weighted by Crippen LogP contribution is 2.30. The molecule has 0 saturated heterocycles. The van der Waals surface area contributed by atoms with Crippen LogP contribution in [0.2, 0.25) is 0 Å². The standard InChI is InChI=1S/C20H16BrNO5/c1-3-26-19(23)14(12-22)10-13-8-9-17(18(11-13)25-2)27-20(24)15-6-4-5-7-16(15)21/h4-11H,3H2,1-2H3/b14-10+. The van der Waals surface area contributed by atoms with Gasteiger partial charge < -0.3 is 14.2 Å². The molecule has 0 aliphatic carbocycles. The Morgan fingerprint density at radius 3 is 2.56 bits per heavy atom. The van der Waals surface area contributed by atoms with Crippen molar-refractivity contribution in [2.45, 2.75) is 6.92 Å². The summed E-state index contributed by atoms with van der Waals surface area (Å²) in [4.78, 5) is 24.1. The van der Waals surface area contributed by atoms with Gasteiger partial charge in [-0.05, 0) is 58.8 Å². The van der Waals surface area contributed by atoms with E-state index >= 15 is 0 Å². The molecule has 0 atom stereocenters. The number of hydrogen-bond donors (Lipinski definition) is 0. The molecular formula is C20H16BrNO5. The Bertz CT molecular complexity index is 930. The molecule has 0 heterocycles. The first-order valence-corrected chi connectivity index (χ1v) is 8.73. The minimum Gasteiger partial charge on any atom is -0.493 e. The maximum absolute atomic E-state index is 12.3. The second-order valence-corrected chi connectivity index (χ2v) is 6.02. The third kappa shape index (κ3) is 5.19. The summed E-state index contributed by atoms with van der Waals surface area (Å²) >= 11 is 3.30. The minimum absolute atomic E-state index is 0.142. The monoisotopic (exact) mass is 429 g/mol. The highest BCUT2D eigenvalue weighted by Gasteiger charge is 2.16. The number of carbonyl (C=O) groups is 2. The van der Waals surface area contributed by atoms with Gasteiger partial charge in [-0.25, -0.2) is 9.59 Å². The summed E-state index contributed by atoms with van der Waals surface area (Å²) in [5.41, 5.74) is 0.756. The summed E-state index contributed by atoms with van der Waals surface area (Å²) < 4.78 is 16.1. The quantitative estimate of drug-likeness (QED) is 0.296. The molecule has 138 valence electrons. The molecule has 0 aliphatic heterocycles. The van der Waals surface area contributed by atoms with Gasteiger partial charge in [0.15, 0.2) is 11.5 Å². The molecule has 0 amide bonds. The molecule has 0 spiro atoms. The van der Waals surface area contributed by atoms with Crippen LogP contribution in [0.4, 0.5) is 0 Å². The van der Waals surface area contributed by atoms with Crippen LogP contribution in [0.1, 0.15) is 22.8 Å². The van der Waals surface area contributed by atoms with Crippen molar-refractivity contribution in [1.29, 1.82) is 5.26 Å². The zero-order chi connectivity index (χ0) is 19.8. The van der Waals surface area contributed by atoms with Crippen molar-refractivity contribution in [1.82, 2.24) is 0 Å². The lowest BCUT2D eigenvalue weighted by Gasteiger charge is -2.11. The molecule has 2 rings (SSSR count). The Balaban J connectivity index is 2.29. The predicted molar refractivity (Wildman–Crippen MR) is 102 cm³/mol. The average Bonchev–Trinajstić information content (AvgIpc) is 2.67. The van der Waals surface area contributed by atoms with Crippen LogP contribution in [0.15, 0.2) is 52.5 Å². The highest BCUT2D eigenvalue weighted by molar-refractivity contribution is 9.10. The zero-order valence-corrected chi connectivity index (χ0v) is 16.3. The molecular weight excluding hydrogens is 414 g/mol. The molecule has 0 unspecified atom stereocenters. The Labute approximate surface area is 165 Å². The van der Waals surface area contributed by atoms with E-state index in [-0.39, 0.29) is 23.7 Å². The molecule has 2 aromatic rings. The molecule has 0 radical (unpaired) electrons. The summed E-state index contributed by atoms with van der Waals surface area (Å²) in [5, 5.41) is 9.11. The second kappa shape index (κ2) is 9.55. The maximum Gasteiger partial charge on any atom is 0.348 e. The normalized spacial score (nSPS) is 10.7. The van der Waals surface area contributed by atoms with E-state index in [0.717, 1.165) is 0 Å². The molecule has 2 aromatic carbocycles. The lowest BCUT2D eigenvalue weighted by atomic mass is 10.1. The van der Waals surface area contributed by atoms with Crippen molar-refractivity contribution >= 4 is 33.9 Å². The van der Waals surface area contributed by atoms with E-state index in [0.29, 0.717) is 15.6 Å². The number of halogens is 1. The lowest BCUT2D eigenvalue weighted by molar-refractivity contribution is -0.137. The van der Waals surface area contributed by atoms with E-state index in [1.54, 1.807) is 49.4 Å². The molecule has 0 aromatic heterocycles. The van der Waals surface area contributed by atoms with Gasteiger partial charge in [-0.3, -0.25) is 0 Å². The maximum atomic E-state index is 12.3. The van der Waals surface area contributed by atoms with E-state index in [9.17, 15) is 9.59 Å². The summed E-state index contributed by atoms with van der Waals surface area (Å²) in [6, 6.07) is 13.4. The molecule has 0 N–H and O–H groups in total. The number of esters is 2. The number of nitriles is 1. The largest absolute Gasteiger partial charge is 0.493 e. The zero-order valence-electron chi connectivity index (χ0n) is 14.7. The number of benzene rings is 2. The predicted octanol–water partition coefficient (Wildman–Crippen LogP) is 4.15. The highest BCUT2D eigenvalue weighted by atomic mass is 79.9. The first kappa shape index (κ1) is 20.2. The van der Waals surface area contributed by atoms with E-state index in [1.165, 1.54) is 19.3 Å². The lowest BCUT2D eigenvalue weighted by Crippen LogP contribution is -2.10. The van der Waals surface area contributed by atoms with Gasteiger partial charge in [0.1, 0.15) is 11.6 Å². The van der Waals surface area contributed by atoms with Crippen molar-refractivity contribution in [3.63, 3.8) is 0 Å². The topological polar surface area (TPSA) is 85.6 Å². The summed E-state index contributed by atoms with van der Waals surface area (Å²) in [5.74, 6) is -0.757. The Morgan fingerprint density at radius 2 is 1.93 bits per heavy atom. The van der Waals surface area contributed by atoms with Gasteiger partial charge in [0.25, 0.3) is 0 Å². The van der Waals surface area contributed by atoms with Crippen LogP contribution in [0.25, 0.3) is 6.08 Å². The SMILES string of the molecule is CCOC(=O)/C(C#N)=C/c1ccc(OC(=O)c2ccccc2Br)c(OC)c1. The molecule has 27 heavy (non-hydrogen) atoms. The van der Waals surface area contributed by atoms with Gasteiger partial charge in [0.05, 0.1) is 19.3 Å². The number of carbonyl (C=O) groups excluding carboxylic acids is 2. The third-order valence-corrected chi connectivity index (χ3v) is 4.10. The summed E-state index contributed by atoms with van der Waals surface area (Å²) in [7, 11) is 1.43. The molecule has 0 saturated carbocycles. The van der Waals surface area contributed by atoms with Gasteiger partial charge in [0.2, 0.25) is 0 Å². The van der Waals surface area contributed by atoms with E-state index in [1.807, 2.05) is 0 Å². The van der Waals surface area contributed by atoms with E-state index in [2.05, 4.69) is 15.9 Å². The summed E-state index contributed by atoms with van der Waals surface area (Å²) in [6.07, 6.45) is 1.37. The first-order chi connectivity index (χ1) is 13.0. The third-order valence-electron chi connectivity index (χ3n) is 3.41. The number of ether oxygens (including phenoxy) is 3. The fourth-order valence-corrected chi connectivity index (χ4v) is 2.60. The van der Waals surface area contributed by atoms with E-state index < -0.39 is 11.9 Å². The number of nitrogens with zero attached hydrogens (tertiary/aromatic N) is 1. The van der Waals surface area contributed by atoms with Crippen LogP contribution in [0.3, 0.4) is 0 Å². The average molecular weight is 430 g/mol. The van der Waals surface area contributed by atoms with Crippen molar-refractivity contribution in [3.05, 3.63) is 63.6 Å². The molecule has 7 heteroatoms. The fourth-order valence-electron chi connectivity index (χ4n) is 2.15. The van der Waals surface area contributed by atoms with Crippen LogP contribution < -0.4 is 9.47 Å². The second-order valence-electron chi connectivity index (χ2n) is 5.17. The smallest absolute Gasteiger partial charge is 0.348 e. The molecule has 0 aliphatic rings. The van der Waals surface area contributed by atoms with Crippen molar-refractivity contribution in [2.24, 2.45) is 0 Å². The minimum atomic E-state index is -0.705. The van der Waals surface area contributed by atoms with Gasteiger partial charge in [-0.2, -0.15) is 5.26 Å². The van der Waals surface area contributed by atoms with Crippen molar-refractivity contribution < 1.29 is 23.8 Å². The molecule has 0 bridgehead atoms. The van der Waals surface area contributed by atoms with Gasteiger partial charge in [0, 0.05) is 4.47 Å². The van der Waals surface area contributed by atoms with Crippen molar-refractivity contribution in [2.75, 3.05) is 13.7 Å². The fraction of sp³-hybridized carbons (Fsp3) is 0.150. The van der Waals surface area contributed by atoms with Crippen LogP contribution in [-0.4, -0.2) is 25.7 Å². The van der Waals surface area contributed by atoms with Gasteiger partial charge >= 0.3 is 11.9 Å². The van der Waals surface area contributed by atoms with Crippen LogP contribution in [-0.2, 0) is 9.53 Å². The number of rotatable bonds is 6.